The number of carbonyl (C=O) groups excluding carboxylic acids is 3. The van der Waals surface area contributed by atoms with Crippen molar-refractivity contribution in [2.75, 3.05) is 147 Å². The summed E-state index contributed by atoms with van der Waals surface area (Å²) in [5, 5.41) is 1.67. The molecule has 13 atom stereocenters. The van der Waals surface area contributed by atoms with E-state index in [0.29, 0.717) is 163 Å². The van der Waals surface area contributed by atoms with Gasteiger partial charge in [0.2, 0.25) is 0 Å². The maximum atomic E-state index is 15.6. The van der Waals surface area contributed by atoms with Gasteiger partial charge in [-0.3, -0.25) is 24.2 Å². The Morgan fingerprint density at radius 3 is 0.972 bits per heavy atom. The number of aryl methyl sites for hydroxylation is 1. The van der Waals surface area contributed by atoms with Crippen LogP contribution in [0.2, 0.25) is 0 Å². The van der Waals surface area contributed by atoms with Crippen molar-refractivity contribution in [1.82, 2.24) is 9.13 Å². The van der Waals surface area contributed by atoms with Crippen LogP contribution in [0.15, 0.2) is 87.8 Å². The molecular weight excluding hydrogens is 1810 g/mol. The van der Waals surface area contributed by atoms with Crippen LogP contribution in [-0.4, -0.2) is 153 Å². The molecule has 3 unspecified atom stereocenters. The molecule has 5 aromatic carbocycles. The van der Waals surface area contributed by atoms with Crippen molar-refractivity contribution in [2.45, 2.75) is 302 Å². The fourth-order valence-electron chi connectivity index (χ4n) is 28.4. The number of ketones is 2. The Bertz CT molecular complexity index is 6230. The predicted octanol–water partition coefficient (Wildman–Crippen LogP) is 24.6. The van der Waals surface area contributed by atoms with Crippen LogP contribution < -0.4 is 73.7 Å². The van der Waals surface area contributed by atoms with E-state index < -0.39 is 0 Å². The lowest BCUT2D eigenvalue weighted by Crippen LogP contribution is -2.30. The van der Waals surface area contributed by atoms with Gasteiger partial charge in [-0.25, -0.2) is 22.0 Å². The summed E-state index contributed by atoms with van der Waals surface area (Å²) in [6, 6.07) is 10.2. The van der Waals surface area contributed by atoms with E-state index in [1.54, 1.807) is 74.6 Å². The van der Waals surface area contributed by atoms with Gasteiger partial charge in [0.1, 0.15) is 34.7 Å². The minimum Gasteiger partial charge on any atom is -0.492 e. The Morgan fingerprint density at radius 2 is 0.664 bits per heavy atom. The lowest BCUT2D eigenvalue weighted by Gasteiger charge is -2.36. The van der Waals surface area contributed by atoms with Gasteiger partial charge in [0.15, 0.2) is 74.8 Å². The molecule has 15 fully saturated rings. The number of aromatic nitrogens is 2. The van der Waals surface area contributed by atoms with E-state index in [-0.39, 0.29) is 63.8 Å². The number of hydrogen-bond donors (Lipinski definition) is 0. The monoisotopic (exact) mass is 1960 g/mol. The van der Waals surface area contributed by atoms with Crippen LogP contribution in [-0.2, 0) is 16.0 Å². The van der Waals surface area contributed by atoms with Crippen molar-refractivity contribution in [1.29, 1.82) is 0 Å². The third-order valence-corrected chi connectivity index (χ3v) is 36.8. The molecule has 768 valence electrons. The zero-order valence-electron chi connectivity index (χ0n) is 86.9. The lowest BCUT2D eigenvalue weighted by molar-refractivity contribution is -0.114. The normalized spacial score (nSPS) is 27.2. The number of anilines is 8. The maximum Gasteiger partial charge on any atom is 0.192 e. The Balaban J connectivity index is 0.000000106. The highest BCUT2D eigenvalue weighted by atomic mass is 19.1. The van der Waals surface area contributed by atoms with Gasteiger partial charge in [-0.2, -0.15) is 0 Å². The topological polar surface area (TPSA) is 163 Å². The number of aldehydes is 1. The van der Waals surface area contributed by atoms with Crippen molar-refractivity contribution in [3.8, 4) is 28.7 Å². The van der Waals surface area contributed by atoms with E-state index in [4.69, 9.17) is 23.7 Å². The molecule has 0 radical (unpaired) electrons. The summed E-state index contributed by atoms with van der Waals surface area (Å²) in [6.07, 6.45) is 49.4. The van der Waals surface area contributed by atoms with Crippen LogP contribution >= 0.6 is 0 Å². The second-order valence-electron chi connectivity index (χ2n) is 45.7. The smallest absolute Gasteiger partial charge is 0.192 e. The Hall–Kier alpha value is -10.2. The molecule has 0 bridgehead atoms. The molecule has 5 saturated heterocycles. The standard InChI is InChI=1S/C24H30FN3O2.C24H31FN2O2.C24H33FN2O.2C23H29FN2O2/c1-14(29)19-13-28(17-8-9-17)22-18(21(19)26-2)10-20(25)23(24(22)30-3)27-11-15-6-4-5-7-16(15)12-27;1-14-19-10-21(25)23(26-11-16-6-4-5-7-17(16)12-26)24(29-3)22(19)27(18-8-9-18)13-20(14)15(2)28;1-4-16-14-27(19-9-10-19)22-20(15(16)2)11-21(25)23(24(22)28-3)26-12-17-7-5-6-8-18(17)13-26;1-14-17(13-27)12-26(18-7-8-18)21-19(14)9-20(24)22(23(21)28-2)25-10-15-5-3-4-6-16(15)11-25;1-3-14-13-26(17-8-9-17)20-18(22(14)27)10-19(24)21(23(20)28-2)25-11-15-6-4-5-7-16(15)12-25/h10,13,15-17H,4-9,11-12H2,1-3H3;10,13-14,16-18H,4-9,11-12H2,1-3H3;11,14-15,17-19H,4-10,12-13H2,1-3H3;9,12-16,18H,3-8,10-11H2,1-2H3;10,13,15-17H,3-9,11-12H2,1-2H3/t15-,16+;14?,16-,17+;15?,17-,18+;14?,15-,16+;15-,16+. The van der Waals surface area contributed by atoms with Gasteiger partial charge in [0.05, 0.1) is 80.0 Å². The number of fused-ring (bicyclic) bond motifs is 10. The maximum absolute atomic E-state index is 15.6. The average Bonchev–Trinajstić information content (AvgIpc) is 1.64. The second kappa shape index (κ2) is 40.9. The van der Waals surface area contributed by atoms with Gasteiger partial charge in [-0.1, -0.05) is 98.8 Å². The van der Waals surface area contributed by atoms with Crippen molar-refractivity contribution >= 4 is 85.2 Å². The number of carbonyl (C=O) groups is 3. The highest BCUT2D eigenvalue weighted by Gasteiger charge is 2.49. The van der Waals surface area contributed by atoms with Crippen LogP contribution in [0.4, 0.5) is 67.5 Å². The molecule has 2 aromatic heterocycles. The number of ether oxygens (including phenoxy) is 5. The van der Waals surface area contributed by atoms with Crippen molar-refractivity contribution in [3.05, 3.63) is 151 Å². The Morgan fingerprint density at radius 1 is 0.364 bits per heavy atom. The Kier molecular flexibility index (Phi) is 28.3. The number of methoxy groups -OCH3 is 5. The zero-order chi connectivity index (χ0) is 99.5. The number of Topliss-reactive ketones (excluding diaryl/α,β-unsaturated/α-hetero) is 2. The first-order chi connectivity index (χ1) is 69.4. The largest absolute Gasteiger partial charge is 0.492 e. The number of rotatable bonds is 20. The summed E-state index contributed by atoms with van der Waals surface area (Å²) in [7, 11) is 9.91. The summed E-state index contributed by atoms with van der Waals surface area (Å²) in [4.78, 5) is 71.4. The quantitative estimate of drug-likeness (QED) is 0.0402. The third-order valence-electron chi connectivity index (χ3n) is 36.8. The van der Waals surface area contributed by atoms with E-state index in [2.05, 4.69) is 73.4 Å². The minimum atomic E-state index is -0.323. The highest BCUT2D eigenvalue weighted by molar-refractivity contribution is 6.01. The molecule has 7 aromatic rings. The molecule has 0 N–H and O–H groups in total. The molecule has 25 rings (SSSR count). The van der Waals surface area contributed by atoms with Gasteiger partial charge in [-0.15, -0.1) is 0 Å². The minimum absolute atomic E-state index is 0.0564. The van der Waals surface area contributed by atoms with Gasteiger partial charge in [-0.05, 0) is 267 Å². The van der Waals surface area contributed by atoms with Gasteiger partial charge < -0.3 is 72.0 Å². The first-order valence-electron chi connectivity index (χ1n) is 55.1. The molecule has 10 heterocycles. The van der Waals surface area contributed by atoms with Crippen LogP contribution in [0.1, 0.15) is 310 Å². The number of allylic oxidation sites excluding steroid dienone is 3. The molecule has 10 saturated carbocycles. The number of pyridine rings is 2. The zero-order valence-corrected chi connectivity index (χ0v) is 86.9. The van der Waals surface area contributed by atoms with E-state index in [1.807, 2.05) is 51.6 Å². The predicted molar refractivity (Wildman–Crippen MR) is 561 cm³/mol. The summed E-state index contributed by atoms with van der Waals surface area (Å²) in [6.45, 7) is 22.7. The number of halogens is 5. The number of benzene rings is 5. The first-order valence-corrected chi connectivity index (χ1v) is 55.1. The van der Waals surface area contributed by atoms with Crippen molar-refractivity contribution in [3.63, 3.8) is 0 Å². The van der Waals surface area contributed by atoms with Crippen LogP contribution in [0.5, 0.6) is 28.7 Å². The molecule has 143 heavy (non-hydrogen) atoms. The Labute approximate surface area is 842 Å². The van der Waals surface area contributed by atoms with E-state index >= 15 is 22.0 Å². The second-order valence-corrected chi connectivity index (χ2v) is 45.7. The SMILES string of the molecule is CCC1=CN(C2CC2)c2c(cc(F)c(N3C[C@H]4CCCC[C@H]4C3)c2OC)C1C.CCc1cn(C2CC2)c2c(OC)c(N3C[C@H]4CCCC[C@H]4C3)c(F)cc2c1=O.CN=c1c(C(C)=O)cn(C2CC2)c2c(OC)c(N3C[C@H]4CCCC[C@H]4C3)c(F)cc12.COc1c(N2C[C@H]3CCCC[C@H]3C2)c(F)cc2c1N(C1CC1)C=C(C(C)=O)C2C.COc1c(N2C[C@H]3CCCC[C@H]3C2)c(F)cc2c1N(C1CC1)C=C(C=O)C2C. The summed E-state index contributed by atoms with van der Waals surface area (Å²) < 4.78 is 111. The summed E-state index contributed by atoms with van der Waals surface area (Å²) in [5.74, 6) is 8.77. The molecular formula is C118H152F5N11O9. The number of nitrogens with zero attached hydrogens (tertiary/aromatic N) is 11. The highest BCUT2D eigenvalue weighted by Crippen LogP contribution is 2.60. The fraction of sp³-hybridized carbons (Fsp3) is 0.619. The van der Waals surface area contributed by atoms with Crippen LogP contribution in [0.25, 0.3) is 21.8 Å². The third kappa shape index (κ3) is 18.6. The molecule has 8 aliphatic heterocycles. The molecule has 20 nitrogen and oxygen atoms in total. The van der Waals surface area contributed by atoms with E-state index in [1.165, 1.54) is 153 Å². The first kappa shape index (κ1) is 98.8. The van der Waals surface area contributed by atoms with Crippen LogP contribution in [0.3, 0.4) is 0 Å². The van der Waals surface area contributed by atoms with Gasteiger partial charge in [0.25, 0.3) is 0 Å². The van der Waals surface area contributed by atoms with E-state index in [9.17, 15) is 19.2 Å². The fourth-order valence-corrected chi connectivity index (χ4v) is 28.4. The van der Waals surface area contributed by atoms with Gasteiger partial charge in [0, 0.05) is 174 Å². The molecule has 25 heteroatoms. The molecule has 0 amide bonds. The van der Waals surface area contributed by atoms with Crippen molar-refractivity contribution in [2.24, 2.45) is 64.2 Å². The number of hydrogen-bond acceptors (Lipinski definition) is 18. The molecule has 0 spiro atoms. The summed E-state index contributed by atoms with van der Waals surface area (Å²) >= 11 is 0. The van der Waals surface area contributed by atoms with Crippen molar-refractivity contribution < 1.29 is 60.0 Å². The molecule has 18 aliphatic rings. The van der Waals surface area contributed by atoms with Gasteiger partial charge >= 0.3 is 0 Å². The summed E-state index contributed by atoms with van der Waals surface area (Å²) in [5.41, 5.74) is 14.7. The lowest BCUT2D eigenvalue weighted by atomic mass is 9.82. The van der Waals surface area contributed by atoms with Crippen LogP contribution in [0, 0.1) is 88.3 Å². The van der Waals surface area contributed by atoms with E-state index in [0.717, 1.165) is 203 Å². The average molecular weight is 1960 g/mol. The molecule has 10 aliphatic carbocycles.